The summed E-state index contributed by atoms with van der Waals surface area (Å²) in [5.41, 5.74) is 0.356. The normalized spacial score (nSPS) is 19.2. The van der Waals surface area contributed by atoms with Crippen LogP contribution in [0.15, 0.2) is 29.3 Å². The first-order valence-corrected chi connectivity index (χ1v) is 16.5. The number of rotatable bonds is 11. The second-order valence-corrected chi connectivity index (χ2v) is 13.5. The largest absolute Gasteiger partial charge is 0.453 e. The molecule has 0 bridgehead atoms. The van der Waals surface area contributed by atoms with Gasteiger partial charge in [-0.15, -0.1) is 0 Å². The minimum atomic E-state index is -0.596. The number of aliphatic imine (C=N–C) groups is 1. The highest BCUT2D eigenvalue weighted by Crippen LogP contribution is 2.34. The monoisotopic (exact) mass is 646 g/mol. The summed E-state index contributed by atoms with van der Waals surface area (Å²) in [6, 6.07) is 7.44. The molecule has 11 nitrogen and oxygen atoms in total. The summed E-state index contributed by atoms with van der Waals surface area (Å²) in [7, 11) is 3.07. The van der Waals surface area contributed by atoms with Crippen molar-refractivity contribution in [3.05, 3.63) is 34.9 Å². The van der Waals surface area contributed by atoms with E-state index in [0.717, 1.165) is 44.2 Å². The highest BCUT2D eigenvalue weighted by atomic mass is 35.5. The molecule has 3 rings (SSSR count). The summed E-state index contributed by atoms with van der Waals surface area (Å²) in [6.07, 6.45) is 9.51. The molecule has 1 aromatic carbocycles. The topological polar surface area (TPSA) is 129 Å². The average molecular weight is 647 g/mol. The fourth-order valence-corrected chi connectivity index (χ4v) is 6.37. The molecule has 1 aliphatic carbocycles. The van der Waals surface area contributed by atoms with Crippen LogP contribution in [0.5, 0.6) is 0 Å². The number of amides is 2. The lowest BCUT2D eigenvalue weighted by atomic mass is 9.85. The Kier molecular flexibility index (Phi) is 14.5. The third-order valence-electron chi connectivity index (χ3n) is 8.21. The molecule has 1 aromatic rings. The molecule has 2 fully saturated rings. The van der Waals surface area contributed by atoms with Crippen molar-refractivity contribution < 1.29 is 23.8 Å². The Labute approximate surface area is 273 Å². The zero-order valence-electron chi connectivity index (χ0n) is 27.5. The molecule has 1 aliphatic heterocycles. The Morgan fingerprint density at radius 3 is 2.62 bits per heavy atom. The quantitative estimate of drug-likeness (QED) is 0.0971. The molecule has 12 heteroatoms. The third kappa shape index (κ3) is 12.6. The van der Waals surface area contributed by atoms with Gasteiger partial charge in [0, 0.05) is 44.2 Å². The van der Waals surface area contributed by atoms with E-state index in [4.69, 9.17) is 26.1 Å². The van der Waals surface area contributed by atoms with Gasteiger partial charge in [0.25, 0.3) is 0 Å². The van der Waals surface area contributed by atoms with Gasteiger partial charge in [-0.3, -0.25) is 5.32 Å². The van der Waals surface area contributed by atoms with Crippen LogP contribution in [0.1, 0.15) is 83.8 Å². The number of nitrogens with one attached hydrogen (secondary N) is 2. The molecular weight excluding hydrogens is 596 g/mol. The highest BCUT2D eigenvalue weighted by Gasteiger charge is 2.32. The van der Waals surface area contributed by atoms with Crippen molar-refractivity contribution in [1.29, 1.82) is 5.26 Å². The van der Waals surface area contributed by atoms with Gasteiger partial charge < -0.3 is 29.3 Å². The van der Waals surface area contributed by atoms with Crippen molar-refractivity contribution in [2.24, 2.45) is 16.8 Å². The summed E-state index contributed by atoms with van der Waals surface area (Å²) < 4.78 is 16.7. The zero-order chi connectivity index (χ0) is 32.8. The maximum Gasteiger partial charge on any atom is 0.410 e. The highest BCUT2D eigenvalue weighted by molar-refractivity contribution is 6.30. The second kappa shape index (κ2) is 18.1. The number of benzene rings is 1. The second-order valence-electron chi connectivity index (χ2n) is 13.1. The van der Waals surface area contributed by atoms with Gasteiger partial charge in [0.2, 0.25) is 5.96 Å². The van der Waals surface area contributed by atoms with Crippen LogP contribution >= 0.6 is 11.6 Å². The molecule has 1 saturated heterocycles. The van der Waals surface area contributed by atoms with Crippen LogP contribution < -0.4 is 10.6 Å². The van der Waals surface area contributed by atoms with Gasteiger partial charge >= 0.3 is 12.2 Å². The van der Waals surface area contributed by atoms with Crippen molar-refractivity contribution in [3.8, 4) is 6.19 Å². The van der Waals surface area contributed by atoms with E-state index >= 15 is 0 Å². The summed E-state index contributed by atoms with van der Waals surface area (Å²) in [5.74, 6) is 1.11. The summed E-state index contributed by atoms with van der Waals surface area (Å²) in [5, 5.41) is 15.9. The van der Waals surface area contributed by atoms with Gasteiger partial charge in [-0.2, -0.15) is 5.26 Å². The number of carbonyl (C=O) groups is 2. The summed E-state index contributed by atoms with van der Waals surface area (Å²) in [4.78, 5) is 33.2. The van der Waals surface area contributed by atoms with Crippen LogP contribution in [0.4, 0.5) is 9.59 Å². The SMILES string of the molecule is COC(=O)NCCOC(c1cccc(Cl)c1)C1CCCN(C(=NC(CC2CCCCC2)CN(C)C(=O)OC(C)(C)C)NC#N)C1. The van der Waals surface area contributed by atoms with Gasteiger partial charge in [-0.1, -0.05) is 55.8 Å². The molecule has 3 atom stereocenters. The lowest BCUT2D eigenvalue weighted by Crippen LogP contribution is -2.48. The van der Waals surface area contributed by atoms with Crippen LogP contribution in [0.2, 0.25) is 5.02 Å². The first-order valence-electron chi connectivity index (χ1n) is 16.1. The molecular formula is C33H51ClN6O5. The van der Waals surface area contributed by atoms with Crippen molar-refractivity contribution in [1.82, 2.24) is 20.4 Å². The molecule has 2 aliphatic rings. The first-order chi connectivity index (χ1) is 21.5. The standard InChI is InChI=1S/C33H51ClN6O5/c1-33(2,3)45-32(42)39(4)22-28(19-24-11-7-6-8-12-24)38-30(37-23-35)40-17-10-14-26(21-40)29(25-13-9-15-27(34)20-25)44-18-16-36-31(41)43-5/h9,13,15,20,24,26,28-29H,6-8,10-12,14,16-19,21-22H2,1-5H3,(H,36,41)(H,37,38). The van der Waals surface area contributed by atoms with Crippen molar-refractivity contribution in [2.45, 2.75) is 89.9 Å². The number of ether oxygens (including phenoxy) is 3. The molecule has 2 amide bonds. The first kappa shape index (κ1) is 36.2. The Morgan fingerprint density at radius 1 is 1.20 bits per heavy atom. The van der Waals surface area contributed by atoms with E-state index in [1.54, 1.807) is 11.9 Å². The number of guanidine groups is 1. The van der Waals surface area contributed by atoms with Crippen LogP contribution in [0.25, 0.3) is 0 Å². The zero-order valence-corrected chi connectivity index (χ0v) is 28.3. The number of piperidine rings is 1. The van der Waals surface area contributed by atoms with E-state index in [1.165, 1.54) is 26.4 Å². The van der Waals surface area contributed by atoms with Crippen molar-refractivity contribution in [2.75, 3.05) is 46.9 Å². The smallest absolute Gasteiger partial charge is 0.410 e. The molecule has 250 valence electrons. The number of halogens is 1. The number of likely N-dealkylation sites (N-methyl/N-ethyl adjacent to an activating group) is 1. The number of nitrogens with zero attached hydrogens (tertiary/aromatic N) is 4. The molecule has 45 heavy (non-hydrogen) atoms. The Morgan fingerprint density at radius 2 is 1.96 bits per heavy atom. The molecule has 1 heterocycles. The number of methoxy groups -OCH3 is 1. The van der Waals surface area contributed by atoms with Gasteiger partial charge in [0.1, 0.15) is 5.60 Å². The fourth-order valence-electron chi connectivity index (χ4n) is 6.17. The van der Waals surface area contributed by atoms with Crippen LogP contribution in [0, 0.1) is 23.3 Å². The minimum Gasteiger partial charge on any atom is -0.453 e. The summed E-state index contributed by atoms with van der Waals surface area (Å²) >= 11 is 6.36. The average Bonchev–Trinajstić information content (AvgIpc) is 3.00. The lowest BCUT2D eigenvalue weighted by Gasteiger charge is -2.38. The molecule has 0 radical (unpaired) electrons. The number of likely N-dealkylation sites (tertiary alicyclic amines) is 1. The third-order valence-corrected chi connectivity index (χ3v) is 8.44. The van der Waals surface area contributed by atoms with Gasteiger partial charge in [-0.25, -0.2) is 14.6 Å². The number of alkyl carbamates (subject to hydrolysis) is 1. The van der Waals surface area contributed by atoms with E-state index in [9.17, 15) is 14.9 Å². The van der Waals surface area contributed by atoms with Crippen molar-refractivity contribution in [3.63, 3.8) is 0 Å². The number of hydrogen-bond donors (Lipinski definition) is 2. The lowest BCUT2D eigenvalue weighted by molar-refractivity contribution is -0.00579. The number of nitriles is 1. The molecule has 3 unspecified atom stereocenters. The number of carbonyl (C=O) groups excluding carboxylic acids is 2. The Balaban J connectivity index is 1.82. The van der Waals surface area contributed by atoms with Crippen molar-refractivity contribution >= 4 is 29.7 Å². The minimum absolute atomic E-state index is 0.0715. The maximum absolute atomic E-state index is 12.9. The van der Waals surface area contributed by atoms with Crippen LogP contribution in [0.3, 0.4) is 0 Å². The van der Waals surface area contributed by atoms with Gasteiger partial charge in [0.05, 0.1) is 25.9 Å². The van der Waals surface area contributed by atoms with Gasteiger partial charge in [0.15, 0.2) is 6.19 Å². The summed E-state index contributed by atoms with van der Waals surface area (Å²) in [6.45, 7) is 7.89. The Hall–Kier alpha value is -3.23. The van der Waals surface area contributed by atoms with E-state index in [2.05, 4.69) is 26.5 Å². The van der Waals surface area contributed by atoms with Crippen LogP contribution in [-0.4, -0.2) is 86.5 Å². The number of hydrogen-bond acceptors (Lipinski definition) is 7. The predicted octanol–water partition coefficient (Wildman–Crippen LogP) is 6.10. The predicted molar refractivity (Wildman–Crippen MR) is 175 cm³/mol. The van der Waals surface area contributed by atoms with E-state index in [1.807, 2.05) is 45.0 Å². The van der Waals surface area contributed by atoms with E-state index in [-0.39, 0.29) is 24.2 Å². The fraction of sp³-hybridized carbons (Fsp3) is 0.697. The Bertz CT molecular complexity index is 1160. The molecule has 0 spiro atoms. The van der Waals surface area contributed by atoms with Gasteiger partial charge in [-0.05, 0) is 63.6 Å². The molecule has 0 aromatic heterocycles. The maximum atomic E-state index is 12.9. The van der Waals surface area contributed by atoms with E-state index in [0.29, 0.717) is 43.1 Å². The van der Waals surface area contributed by atoms with E-state index < -0.39 is 11.7 Å². The molecule has 1 saturated carbocycles. The van der Waals surface area contributed by atoms with Crippen LogP contribution in [-0.2, 0) is 14.2 Å². The molecule has 2 N–H and O–H groups in total.